The molecule has 1 aromatic carbocycles. The zero-order valence-electron chi connectivity index (χ0n) is 10.6. The maximum absolute atomic E-state index is 12.4. The summed E-state index contributed by atoms with van der Waals surface area (Å²) in [6.07, 6.45) is 2.80. The van der Waals surface area contributed by atoms with Crippen molar-refractivity contribution in [3.05, 3.63) is 53.3 Å². The summed E-state index contributed by atoms with van der Waals surface area (Å²) in [5, 5.41) is 4.24. The van der Waals surface area contributed by atoms with E-state index in [0.717, 1.165) is 17.7 Å². The van der Waals surface area contributed by atoms with Crippen LogP contribution in [0.1, 0.15) is 34.0 Å². The summed E-state index contributed by atoms with van der Waals surface area (Å²) in [7, 11) is 1.85. The van der Waals surface area contributed by atoms with Crippen LogP contribution in [0.15, 0.2) is 36.5 Å². The van der Waals surface area contributed by atoms with E-state index in [1.54, 1.807) is 4.68 Å². The molecule has 1 fully saturated rings. The van der Waals surface area contributed by atoms with Crippen LogP contribution in [0.5, 0.6) is 0 Å². The van der Waals surface area contributed by atoms with E-state index >= 15 is 0 Å². The first-order valence-electron chi connectivity index (χ1n) is 6.26. The van der Waals surface area contributed by atoms with Crippen molar-refractivity contribution < 1.29 is 4.79 Å². The summed E-state index contributed by atoms with van der Waals surface area (Å²) >= 11 is 0. The number of nitrogens with zero attached hydrogens (tertiary/aromatic N) is 2. The summed E-state index contributed by atoms with van der Waals surface area (Å²) in [6, 6.07) is 10.3. The molecule has 18 heavy (non-hydrogen) atoms. The Kier molecular flexibility index (Phi) is 2.54. The second-order valence-corrected chi connectivity index (χ2v) is 5.03. The Morgan fingerprint density at radius 2 is 2.06 bits per heavy atom. The smallest absolute Gasteiger partial charge is 0.170 e. The van der Waals surface area contributed by atoms with Gasteiger partial charge in [0.05, 0.1) is 11.3 Å². The summed E-state index contributed by atoms with van der Waals surface area (Å²) in [6.45, 7) is 1.90. The Morgan fingerprint density at radius 3 is 2.67 bits per heavy atom. The molecule has 1 aliphatic rings. The molecule has 1 aliphatic carbocycles. The normalized spacial score (nSPS) is 21.9. The van der Waals surface area contributed by atoms with Gasteiger partial charge in [0, 0.05) is 19.2 Å². The van der Waals surface area contributed by atoms with Gasteiger partial charge in [-0.25, -0.2) is 0 Å². The lowest BCUT2D eigenvalue weighted by atomic mass is 10.0. The minimum Gasteiger partial charge on any atom is -0.294 e. The highest BCUT2D eigenvalue weighted by atomic mass is 16.1. The van der Waals surface area contributed by atoms with E-state index in [4.69, 9.17) is 0 Å². The first-order valence-corrected chi connectivity index (χ1v) is 6.26. The van der Waals surface area contributed by atoms with Crippen LogP contribution in [-0.4, -0.2) is 15.6 Å². The van der Waals surface area contributed by atoms with Crippen molar-refractivity contribution in [2.45, 2.75) is 19.3 Å². The quantitative estimate of drug-likeness (QED) is 0.773. The van der Waals surface area contributed by atoms with E-state index in [0.29, 0.717) is 5.92 Å². The molecule has 92 valence electrons. The molecule has 2 aromatic rings. The molecule has 2 atom stereocenters. The van der Waals surface area contributed by atoms with Gasteiger partial charge in [-0.1, -0.05) is 30.3 Å². The van der Waals surface area contributed by atoms with Crippen LogP contribution in [0.2, 0.25) is 0 Å². The third kappa shape index (κ3) is 1.86. The molecule has 3 nitrogen and oxygen atoms in total. The molecule has 0 spiro atoms. The largest absolute Gasteiger partial charge is 0.294 e. The molecule has 2 unspecified atom stereocenters. The fourth-order valence-corrected chi connectivity index (χ4v) is 2.59. The fraction of sp³-hybridized carbons (Fsp3) is 0.333. The highest BCUT2D eigenvalue weighted by molar-refractivity contribution is 6.01. The van der Waals surface area contributed by atoms with Gasteiger partial charge in [-0.05, 0) is 24.8 Å². The van der Waals surface area contributed by atoms with Crippen molar-refractivity contribution >= 4 is 5.78 Å². The standard InChI is InChI=1S/C15H16N2O/c1-10-14(9-17(2)16-10)15(18)13-8-12(13)11-6-4-3-5-7-11/h3-7,9,12-13H,8H2,1-2H3. The van der Waals surface area contributed by atoms with Gasteiger partial charge in [-0.2, -0.15) is 5.10 Å². The van der Waals surface area contributed by atoms with Crippen LogP contribution in [-0.2, 0) is 7.05 Å². The van der Waals surface area contributed by atoms with E-state index in [-0.39, 0.29) is 11.7 Å². The van der Waals surface area contributed by atoms with Gasteiger partial charge in [0.25, 0.3) is 0 Å². The molecule has 1 heterocycles. The molecule has 0 amide bonds. The Morgan fingerprint density at radius 1 is 1.33 bits per heavy atom. The third-order valence-electron chi connectivity index (χ3n) is 3.63. The Labute approximate surface area is 106 Å². The summed E-state index contributed by atoms with van der Waals surface area (Å²) < 4.78 is 1.71. The molecular formula is C15H16N2O. The van der Waals surface area contributed by atoms with Crippen molar-refractivity contribution in [3.63, 3.8) is 0 Å². The number of hydrogen-bond acceptors (Lipinski definition) is 2. The van der Waals surface area contributed by atoms with Gasteiger partial charge >= 0.3 is 0 Å². The highest BCUT2D eigenvalue weighted by Gasteiger charge is 2.44. The number of ketones is 1. The molecule has 3 heteroatoms. The fourth-order valence-electron chi connectivity index (χ4n) is 2.59. The average Bonchev–Trinajstić information content (AvgIpc) is 3.10. The van der Waals surface area contributed by atoms with Crippen molar-refractivity contribution in [2.24, 2.45) is 13.0 Å². The highest BCUT2D eigenvalue weighted by Crippen LogP contribution is 2.49. The number of hydrogen-bond donors (Lipinski definition) is 0. The van der Waals surface area contributed by atoms with E-state index in [2.05, 4.69) is 17.2 Å². The van der Waals surface area contributed by atoms with Crippen molar-refractivity contribution in [1.29, 1.82) is 0 Å². The second-order valence-electron chi connectivity index (χ2n) is 5.03. The number of aromatic nitrogens is 2. The predicted octanol–water partition coefficient (Wildman–Crippen LogP) is 2.71. The number of aryl methyl sites for hydroxylation is 2. The van der Waals surface area contributed by atoms with E-state index in [1.165, 1.54) is 5.56 Å². The van der Waals surface area contributed by atoms with Crippen LogP contribution in [0.3, 0.4) is 0 Å². The van der Waals surface area contributed by atoms with Gasteiger partial charge in [-0.15, -0.1) is 0 Å². The Bertz CT molecular complexity index is 586. The minimum absolute atomic E-state index is 0.148. The molecule has 0 saturated heterocycles. The van der Waals surface area contributed by atoms with Crippen molar-refractivity contribution in [3.8, 4) is 0 Å². The SMILES string of the molecule is Cc1nn(C)cc1C(=O)C1CC1c1ccccc1. The molecular weight excluding hydrogens is 224 g/mol. The lowest BCUT2D eigenvalue weighted by Gasteiger charge is -1.99. The van der Waals surface area contributed by atoms with E-state index in [9.17, 15) is 4.79 Å². The molecule has 0 aliphatic heterocycles. The predicted molar refractivity (Wildman–Crippen MR) is 69.6 cm³/mol. The van der Waals surface area contributed by atoms with Gasteiger partial charge < -0.3 is 0 Å². The van der Waals surface area contributed by atoms with Crippen LogP contribution in [0.25, 0.3) is 0 Å². The molecule has 0 N–H and O–H groups in total. The number of carbonyl (C=O) groups excluding carboxylic acids is 1. The molecule has 1 saturated carbocycles. The average molecular weight is 240 g/mol. The number of rotatable bonds is 3. The van der Waals surface area contributed by atoms with Gasteiger partial charge in [0.15, 0.2) is 5.78 Å². The van der Waals surface area contributed by atoms with Crippen LogP contribution in [0.4, 0.5) is 0 Å². The minimum atomic E-state index is 0.148. The van der Waals surface area contributed by atoms with Crippen LogP contribution >= 0.6 is 0 Å². The van der Waals surface area contributed by atoms with Crippen molar-refractivity contribution in [1.82, 2.24) is 9.78 Å². The van der Waals surface area contributed by atoms with Gasteiger partial charge in [-0.3, -0.25) is 9.48 Å². The lowest BCUT2D eigenvalue weighted by Crippen LogP contribution is -2.03. The zero-order valence-corrected chi connectivity index (χ0v) is 10.6. The second kappa shape index (κ2) is 4.09. The van der Waals surface area contributed by atoms with Gasteiger partial charge in [0.1, 0.15) is 0 Å². The number of carbonyl (C=O) groups is 1. The summed E-state index contributed by atoms with van der Waals surface area (Å²) in [5.74, 6) is 0.794. The monoisotopic (exact) mass is 240 g/mol. The molecule has 0 bridgehead atoms. The Balaban J connectivity index is 1.79. The Hall–Kier alpha value is -1.90. The first-order chi connectivity index (χ1) is 8.66. The van der Waals surface area contributed by atoms with Crippen molar-refractivity contribution in [2.75, 3.05) is 0 Å². The number of Topliss-reactive ketones (excluding diaryl/α,β-unsaturated/α-hetero) is 1. The summed E-state index contributed by atoms with van der Waals surface area (Å²) in [4.78, 5) is 12.4. The topological polar surface area (TPSA) is 34.9 Å². The number of benzene rings is 1. The summed E-state index contributed by atoms with van der Waals surface area (Å²) in [5.41, 5.74) is 2.89. The first kappa shape index (κ1) is 11.2. The lowest BCUT2D eigenvalue weighted by molar-refractivity contribution is 0.0964. The van der Waals surface area contributed by atoms with Crippen LogP contribution < -0.4 is 0 Å². The maximum atomic E-state index is 12.4. The third-order valence-corrected chi connectivity index (χ3v) is 3.63. The van der Waals surface area contributed by atoms with Crippen LogP contribution in [0, 0.1) is 12.8 Å². The van der Waals surface area contributed by atoms with E-state index < -0.39 is 0 Å². The zero-order chi connectivity index (χ0) is 12.7. The molecule has 3 rings (SSSR count). The van der Waals surface area contributed by atoms with Gasteiger partial charge in [0.2, 0.25) is 0 Å². The molecule has 0 radical (unpaired) electrons. The van der Waals surface area contributed by atoms with E-state index in [1.807, 2.05) is 38.4 Å². The molecule has 1 aromatic heterocycles. The maximum Gasteiger partial charge on any atom is 0.170 e.